The van der Waals surface area contributed by atoms with E-state index in [0.717, 1.165) is 31.0 Å². The molecule has 3 fully saturated rings. The normalized spacial score (nSPS) is 27.5. The molecule has 0 aromatic carbocycles. The lowest BCUT2D eigenvalue weighted by Crippen LogP contribution is -2.55. The Labute approximate surface area is 148 Å². The van der Waals surface area contributed by atoms with E-state index < -0.39 is 0 Å². The maximum atomic E-state index is 4.43. The van der Waals surface area contributed by atoms with Gasteiger partial charge in [0.2, 0.25) is 0 Å². The predicted octanol–water partition coefficient (Wildman–Crippen LogP) is 1.90. The van der Waals surface area contributed by atoms with Crippen molar-refractivity contribution in [3.63, 3.8) is 0 Å². The van der Waals surface area contributed by atoms with E-state index in [2.05, 4.69) is 39.3 Å². The summed E-state index contributed by atoms with van der Waals surface area (Å²) in [7, 11) is 1.88. The van der Waals surface area contributed by atoms with Crippen LogP contribution in [0.25, 0.3) is 0 Å². The lowest BCUT2D eigenvalue weighted by Gasteiger charge is -2.41. The minimum atomic E-state index is 0.189. The molecule has 2 saturated heterocycles. The zero-order chi connectivity index (χ0) is 17.0. The average molecular weight is 336 g/mol. The van der Waals surface area contributed by atoms with E-state index in [4.69, 9.17) is 0 Å². The molecule has 0 spiro atoms. The quantitative estimate of drug-likeness (QED) is 0.575. The van der Waals surface area contributed by atoms with E-state index in [0.29, 0.717) is 0 Å². The van der Waals surface area contributed by atoms with Gasteiger partial charge in [0.15, 0.2) is 5.96 Å². The van der Waals surface area contributed by atoms with Crippen molar-refractivity contribution in [2.45, 2.75) is 64.0 Å². The first-order valence-corrected chi connectivity index (χ1v) is 10.0. The highest BCUT2D eigenvalue weighted by atomic mass is 15.2. The van der Waals surface area contributed by atoms with Crippen molar-refractivity contribution in [3.8, 4) is 0 Å². The molecule has 5 nitrogen and oxygen atoms in total. The van der Waals surface area contributed by atoms with Crippen LogP contribution in [-0.2, 0) is 0 Å². The average Bonchev–Trinajstić information content (AvgIpc) is 3.34. The fraction of sp³-hybridized carbons (Fsp3) is 0.947. The molecule has 5 heteroatoms. The maximum Gasteiger partial charge on any atom is 0.191 e. The second-order valence-electron chi connectivity index (χ2n) is 8.55. The van der Waals surface area contributed by atoms with Gasteiger partial charge in [-0.1, -0.05) is 6.42 Å². The van der Waals surface area contributed by atoms with Crippen LogP contribution in [0.5, 0.6) is 0 Å². The molecular formula is C19H37N5. The van der Waals surface area contributed by atoms with Gasteiger partial charge in [-0.3, -0.25) is 9.89 Å². The van der Waals surface area contributed by atoms with Gasteiger partial charge < -0.3 is 15.5 Å². The number of nitrogens with one attached hydrogen (secondary N) is 2. The summed E-state index contributed by atoms with van der Waals surface area (Å²) in [5.41, 5.74) is 0.189. The molecule has 3 aliphatic rings. The summed E-state index contributed by atoms with van der Waals surface area (Å²) in [6.07, 6.45) is 8.26. The minimum Gasteiger partial charge on any atom is -0.356 e. The minimum absolute atomic E-state index is 0.189. The van der Waals surface area contributed by atoms with Crippen molar-refractivity contribution in [3.05, 3.63) is 0 Å². The molecule has 1 aliphatic carbocycles. The van der Waals surface area contributed by atoms with Crippen molar-refractivity contribution >= 4 is 5.96 Å². The molecule has 0 bridgehead atoms. The third-order valence-electron chi connectivity index (χ3n) is 6.06. The second-order valence-corrected chi connectivity index (χ2v) is 8.55. The van der Waals surface area contributed by atoms with Crippen molar-refractivity contribution in [2.75, 3.05) is 46.3 Å². The number of guanidine groups is 1. The zero-order valence-electron chi connectivity index (χ0n) is 16.0. The fourth-order valence-corrected chi connectivity index (χ4v) is 4.17. The Morgan fingerprint density at radius 3 is 2.46 bits per heavy atom. The molecule has 3 rings (SSSR count). The molecule has 2 aliphatic heterocycles. The van der Waals surface area contributed by atoms with Crippen molar-refractivity contribution in [1.29, 1.82) is 0 Å². The Hall–Kier alpha value is -0.810. The van der Waals surface area contributed by atoms with E-state index in [1.54, 1.807) is 0 Å². The lowest BCUT2D eigenvalue weighted by molar-refractivity contribution is 0.0982. The topological polar surface area (TPSA) is 42.9 Å². The summed E-state index contributed by atoms with van der Waals surface area (Å²) in [5.74, 6) is 1.74. The predicted molar refractivity (Wildman–Crippen MR) is 102 cm³/mol. The highest BCUT2D eigenvalue weighted by molar-refractivity contribution is 5.79. The first-order chi connectivity index (χ1) is 11.6. The van der Waals surface area contributed by atoms with Gasteiger partial charge in [0, 0.05) is 38.3 Å². The number of piperidine rings is 1. The van der Waals surface area contributed by atoms with Gasteiger partial charge in [-0.25, -0.2) is 0 Å². The van der Waals surface area contributed by atoms with Crippen LogP contribution >= 0.6 is 0 Å². The number of hydrogen-bond acceptors (Lipinski definition) is 3. The van der Waals surface area contributed by atoms with Crippen LogP contribution in [0.3, 0.4) is 0 Å². The van der Waals surface area contributed by atoms with E-state index in [1.807, 2.05) is 7.05 Å². The van der Waals surface area contributed by atoms with Crippen LogP contribution in [0.1, 0.15) is 52.4 Å². The van der Waals surface area contributed by atoms with E-state index >= 15 is 0 Å². The Morgan fingerprint density at radius 2 is 1.79 bits per heavy atom. The molecule has 0 aromatic rings. The van der Waals surface area contributed by atoms with Gasteiger partial charge in [-0.05, 0) is 71.5 Å². The Bertz CT molecular complexity index is 423. The van der Waals surface area contributed by atoms with Gasteiger partial charge in [0.25, 0.3) is 0 Å². The summed E-state index contributed by atoms with van der Waals surface area (Å²) >= 11 is 0. The van der Waals surface area contributed by atoms with Crippen molar-refractivity contribution in [1.82, 2.24) is 20.4 Å². The van der Waals surface area contributed by atoms with Crippen LogP contribution in [0.15, 0.2) is 4.99 Å². The van der Waals surface area contributed by atoms with Crippen LogP contribution in [0, 0.1) is 5.92 Å². The van der Waals surface area contributed by atoms with Crippen molar-refractivity contribution < 1.29 is 0 Å². The Balaban J connectivity index is 1.38. The lowest BCUT2D eigenvalue weighted by atomic mass is 9.98. The number of aliphatic imine (C=N–C) groups is 1. The summed E-state index contributed by atoms with van der Waals surface area (Å²) in [6.45, 7) is 11.7. The first kappa shape index (κ1) is 18.0. The smallest absolute Gasteiger partial charge is 0.191 e. The SMILES string of the molecule is CN=C(NCC1CCN(C2CC2)C1)NCC(C)(C)N1CCCCC1. The molecule has 24 heavy (non-hydrogen) atoms. The summed E-state index contributed by atoms with van der Waals surface area (Å²) in [6, 6.07) is 0.915. The third-order valence-corrected chi connectivity index (χ3v) is 6.06. The monoisotopic (exact) mass is 335 g/mol. The van der Waals surface area contributed by atoms with Crippen molar-refractivity contribution in [2.24, 2.45) is 10.9 Å². The zero-order valence-corrected chi connectivity index (χ0v) is 16.0. The van der Waals surface area contributed by atoms with E-state index in [9.17, 15) is 0 Å². The molecule has 0 amide bonds. The first-order valence-electron chi connectivity index (χ1n) is 10.0. The van der Waals surface area contributed by atoms with Gasteiger partial charge in [0.05, 0.1) is 0 Å². The standard InChI is InChI=1S/C19H37N5/c1-19(2,24-10-5-4-6-11-24)15-22-18(20-3)21-13-16-9-12-23(14-16)17-7-8-17/h16-17H,4-15H2,1-3H3,(H2,20,21,22). The van der Waals surface area contributed by atoms with Crippen LogP contribution < -0.4 is 10.6 Å². The number of rotatable bonds is 6. The number of hydrogen-bond donors (Lipinski definition) is 2. The van der Waals surface area contributed by atoms with Crippen LogP contribution in [0.2, 0.25) is 0 Å². The number of likely N-dealkylation sites (tertiary alicyclic amines) is 2. The van der Waals surface area contributed by atoms with Gasteiger partial charge >= 0.3 is 0 Å². The molecule has 0 aromatic heterocycles. The molecular weight excluding hydrogens is 298 g/mol. The van der Waals surface area contributed by atoms with Crippen LogP contribution in [-0.4, -0.2) is 73.7 Å². The van der Waals surface area contributed by atoms with Gasteiger partial charge in [0.1, 0.15) is 0 Å². The van der Waals surface area contributed by atoms with Gasteiger partial charge in [-0.15, -0.1) is 0 Å². The third kappa shape index (κ3) is 4.85. The van der Waals surface area contributed by atoms with Gasteiger partial charge in [-0.2, -0.15) is 0 Å². The molecule has 1 saturated carbocycles. The Morgan fingerprint density at radius 1 is 1.04 bits per heavy atom. The number of nitrogens with zero attached hydrogens (tertiary/aromatic N) is 3. The van der Waals surface area contributed by atoms with Crippen LogP contribution in [0.4, 0.5) is 0 Å². The largest absolute Gasteiger partial charge is 0.356 e. The molecule has 2 heterocycles. The maximum absolute atomic E-state index is 4.43. The molecule has 0 radical (unpaired) electrons. The molecule has 1 atom stereocenters. The molecule has 138 valence electrons. The second kappa shape index (κ2) is 8.05. The molecule has 2 N–H and O–H groups in total. The summed E-state index contributed by atoms with van der Waals surface area (Å²) < 4.78 is 0. The van der Waals surface area contributed by atoms with E-state index in [1.165, 1.54) is 64.7 Å². The van der Waals surface area contributed by atoms with E-state index in [-0.39, 0.29) is 5.54 Å². The summed E-state index contributed by atoms with van der Waals surface area (Å²) in [5, 5.41) is 7.12. The summed E-state index contributed by atoms with van der Waals surface area (Å²) in [4.78, 5) is 9.73. The highest BCUT2D eigenvalue weighted by Crippen LogP contribution is 2.31. The molecule has 1 unspecified atom stereocenters. The fourth-order valence-electron chi connectivity index (χ4n) is 4.17. The Kier molecular flexibility index (Phi) is 6.03. The highest BCUT2D eigenvalue weighted by Gasteiger charge is 2.34.